The second-order valence-electron chi connectivity index (χ2n) is 10.2. The minimum atomic E-state index is 0.871. The molecule has 0 bridgehead atoms. The predicted octanol–water partition coefficient (Wildman–Crippen LogP) is 6.90. The Morgan fingerprint density at radius 3 is 2.34 bits per heavy atom. The molecule has 35 heavy (non-hydrogen) atoms. The highest BCUT2D eigenvalue weighted by Gasteiger charge is 2.35. The van der Waals surface area contributed by atoms with E-state index in [2.05, 4.69) is 70.5 Å². The Labute approximate surface area is 203 Å². The van der Waals surface area contributed by atoms with Crippen LogP contribution in [0.15, 0.2) is 79.3 Å². The van der Waals surface area contributed by atoms with Crippen molar-refractivity contribution in [3.63, 3.8) is 0 Å². The van der Waals surface area contributed by atoms with Gasteiger partial charge in [0.25, 0.3) is 0 Å². The van der Waals surface area contributed by atoms with E-state index in [-0.39, 0.29) is 0 Å². The van der Waals surface area contributed by atoms with Crippen LogP contribution >= 0.6 is 0 Å². The van der Waals surface area contributed by atoms with E-state index >= 15 is 0 Å². The molecule has 164 valence electrons. The van der Waals surface area contributed by atoms with Crippen molar-refractivity contribution in [3.8, 4) is 22.3 Å². The number of hydrogen-bond acceptors (Lipinski definition) is 3. The van der Waals surface area contributed by atoms with Gasteiger partial charge < -0.3 is 4.90 Å². The van der Waals surface area contributed by atoms with Crippen LogP contribution in [0.1, 0.15) is 44.6 Å². The molecule has 0 fully saturated rings. The topological polar surface area (TPSA) is 29.0 Å². The summed E-state index contributed by atoms with van der Waals surface area (Å²) in [5.74, 6) is 0. The third kappa shape index (κ3) is 2.26. The average Bonchev–Trinajstić information content (AvgIpc) is 3.45. The molecule has 0 N–H and O–H groups in total. The molecule has 4 heterocycles. The van der Waals surface area contributed by atoms with Gasteiger partial charge in [-0.1, -0.05) is 36.4 Å². The second kappa shape index (κ2) is 6.25. The van der Waals surface area contributed by atoms with Gasteiger partial charge in [0, 0.05) is 25.2 Å². The lowest BCUT2D eigenvalue weighted by molar-refractivity contribution is 0.952. The standard InChI is InChI=1S/C32H21N3/c1-2-4-23-18(3-1)12-27-24(23)5-6-25-26-14-22-11-20-8-10-34-29-15-19-7-9-33-17-31(19)35(32(20)29)30(22)16-21(26)13-28(25)27/h1-10,14,16-17H,11-13,15H2. The van der Waals surface area contributed by atoms with E-state index in [1.165, 1.54) is 84.0 Å². The third-order valence-corrected chi connectivity index (χ3v) is 8.48. The van der Waals surface area contributed by atoms with E-state index in [1.54, 1.807) is 0 Å². The van der Waals surface area contributed by atoms with Crippen LogP contribution in [0, 0.1) is 0 Å². The van der Waals surface area contributed by atoms with Crippen LogP contribution in [0.2, 0.25) is 0 Å². The fraction of sp³-hybridized carbons (Fsp3) is 0.125. The molecule has 5 aromatic rings. The summed E-state index contributed by atoms with van der Waals surface area (Å²) in [5, 5.41) is 0. The van der Waals surface area contributed by atoms with Crippen LogP contribution in [0.3, 0.4) is 0 Å². The molecule has 0 amide bonds. The van der Waals surface area contributed by atoms with Crippen LogP contribution in [0.5, 0.6) is 0 Å². The molecule has 3 nitrogen and oxygen atoms in total. The van der Waals surface area contributed by atoms with Gasteiger partial charge in [0.05, 0.1) is 29.0 Å². The van der Waals surface area contributed by atoms with E-state index < -0.39 is 0 Å². The SMILES string of the molecule is c1ccc2c(c1)Cc1c-2ccc2c1Cc1cc3c(cc1-2)Cc1ccnc2c1N3c1cnccc1C2. The summed E-state index contributed by atoms with van der Waals surface area (Å²) in [6, 6.07) is 22.9. The maximum Gasteiger partial charge on any atom is 0.0716 e. The Morgan fingerprint density at radius 1 is 0.571 bits per heavy atom. The molecule has 2 aromatic heterocycles. The predicted molar refractivity (Wildman–Crippen MR) is 139 cm³/mol. The van der Waals surface area contributed by atoms with Crippen molar-refractivity contribution < 1.29 is 0 Å². The lowest BCUT2D eigenvalue weighted by Crippen LogP contribution is -2.25. The summed E-state index contributed by atoms with van der Waals surface area (Å²) < 4.78 is 0. The van der Waals surface area contributed by atoms with Gasteiger partial charge in [0.15, 0.2) is 0 Å². The summed E-state index contributed by atoms with van der Waals surface area (Å²) in [5.41, 5.74) is 20.6. The zero-order valence-electron chi connectivity index (χ0n) is 19.2. The Kier molecular flexibility index (Phi) is 3.24. The van der Waals surface area contributed by atoms with Gasteiger partial charge in [-0.2, -0.15) is 0 Å². The third-order valence-electron chi connectivity index (χ3n) is 8.48. The molecular weight excluding hydrogens is 426 g/mol. The van der Waals surface area contributed by atoms with Crippen LogP contribution in [0.4, 0.5) is 17.1 Å². The molecule has 0 unspecified atom stereocenters. The lowest BCUT2D eigenvalue weighted by atomic mass is 9.88. The van der Waals surface area contributed by atoms with E-state index in [9.17, 15) is 0 Å². The molecule has 3 aromatic carbocycles. The largest absolute Gasteiger partial charge is 0.306 e. The molecular formula is C32H21N3. The number of hydrogen-bond donors (Lipinski definition) is 0. The summed E-state index contributed by atoms with van der Waals surface area (Å²) in [6.07, 6.45) is 9.78. The summed E-state index contributed by atoms with van der Waals surface area (Å²) in [7, 11) is 0. The van der Waals surface area contributed by atoms with E-state index in [0.717, 1.165) is 25.7 Å². The summed E-state index contributed by atoms with van der Waals surface area (Å²) in [6.45, 7) is 0. The number of pyridine rings is 2. The number of fused-ring (bicyclic) bond motifs is 11. The fourth-order valence-corrected chi connectivity index (χ4v) is 6.95. The summed E-state index contributed by atoms with van der Waals surface area (Å²) >= 11 is 0. The Balaban J connectivity index is 1.24. The van der Waals surface area contributed by atoms with Crippen molar-refractivity contribution in [2.24, 2.45) is 0 Å². The van der Waals surface area contributed by atoms with Crippen molar-refractivity contribution >= 4 is 17.1 Å². The van der Waals surface area contributed by atoms with Crippen molar-refractivity contribution in [1.82, 2.24) is 9.97 Å². The first-order valence-electron chi connectivity index (χ1n) is 12.4. The zero-order valence-corrected chi connectivity index (χ0v) is 19.2. The molecule has 0 saturated heterocycles. The van der Waals surface area contributed by atoms with E-state index in [1.807, 2.05) is 18.6 Å². The number of benzene rings is 3. The fourth-order valence-electron chi connectivity index (χ4n) is 6.95. The van der Waals surface area contributed by atoms with Gasteiger partial charge in [-0.25, -0.2) is 0 Å². The number of rotatable bonds is 0. The van der Waals surface area contributed by atoms with E-state index in [4.69, 9.17) is 4.98 Å². The molecule has 3 heteroatoms. The highest BCUT2D eigenvalue weighted by atomic mass is 15.2. The maximum atomic E-state index is 4.79. The molecule has 2 aliphatic carbocycles. The van der Waals surface area contributed by atoms with Gasteiger partial charge in [-0.05, 0) is 98.3 Å². The normalized spacial score (nSPS) is 14.9. The Bertz CT molecular complexity index is 1760. The van der Waals surface area contributed by atoms with Crippen molar-refractivity contribution in [1.29, 1.82) is 0 Å². The average molecular weight is 448 g/mol. The molecule has 0 radical (unpaired) electrons. The lowest BCUT2D eigenvalue weighted by Gasteiger charge is -2.38. The van der Waals surface area contributed by atoms with Crippen LogP contribution in [0.25, 0.3) is 22.3 Å². The Morgan fingerprint density at radius 2 is 1.40 bits per heavy atom. The van der Waals surface area contributed by atoms with Gasteiger partial charge in [-0.3, -0.25) is 9.97 Å². The van der Waals surface area contributed by atoms with Gasteiger partial charge >= 0.3 is 0 Å². The zero-order chi connectivity index (χ0) is 22.7. The molecule has 9 rings (SSSR count). The minimum absolute atomic E-state index is 0.871. The molecule has 0 spiro atoms. The highest BCUT2D eigenvalue weighted by molar-refractivity contribution is 5.92. The Hall–Kier alpha value is -4.24. The van der Waals surface area contributed by atoms with E-state index in [0.29, 0.717) is 0 Å². The smallest absolute Gasteiger partial charge is 0.0716 e. The second-order valence-corrected chi connectivity index (χ2v) is 10.2. The quantitative estimate of drug-likeness (QED) is 0.253. The number of nitrogens with zero attached hydrogens (tertiary/aromatic N) is 3. The number of anilines is 3. The van der Waals surface area contributed by atoms with Crippen molar-refractivity contribution in [3.05, 3.63) is 124 Å². The number of aromatic nitrogens is 2. The molecule has 0 atom stereocenters. The minimum Gasteiger partial charge on any atom is -0.306 e. The first-order valence-corrected chi connectivity index (χ1v) is 12.4. The molecule has 2 aliphatic heterocycles. The monoisotopic (exact) mass is 447 g/mol. The van der Waals surface area contributed by atoms with Crippen LogP contribution < -0.4 is 4.90 Å². The first kappa shape index (κ1) is 18.1. The molecule has 0 saturated carbocycles. The van der Waals surface area contributed by atoms with Crippen molar-refractivity contribution in [2.75, 3.05) is 4.90 Å². The molecule has 4 aliphatic rings. The van der Waals surface area contributed by atoms with Crippen LogP contribution in [-0.2, 0) is 25.7 Å². The van der Waals surface area contributed by atoms with Gasteiger partial charge in [0.2, 0.25) is 0 Å². The maximum absolute atomic E-state index is 4.79. The van der Waals surface area contributed by atoms with Gasteiger partial charge in [-0.15, -0.1) is 0 Å². The first-order chi connectivity index (χ1) is 17.3. The van der Waals surface area contributed by atoms with Gasteiger partial charge in [0.1, 0.15) is 0 Å². The van der Waals surface area contributed by atoms with Crippen LogP contribution in [-0.4, -0.2) is 9.97 Å². The highest BCUT2D eigenvalue weighted by Crippen LogP contribution is 2.53. The summed E-state index contributed by atoms with van der Waals surface area (Å²) in [4.78, 5) is 11.7. The van der Waals surface area contributed by atoms with Crippen molar-refractivity contribution in [2.45, 2.75) is 25.7 Å².